The lowest BCUT2D eigenvalue weighted by atomic mass is 10.1. The number of hydrogen-bond donors (Lipinski definition) is 1. The summed E-state index contributed by atoms with van der Waals surface area (Å²) in [5.41, 5.74) is 1.93. The van der Waals surface area contributed by atoms with Crippen molar-refractivity contribution in [1.29, 1.82) is 0 Å². The zero-order valence-corrected chi connectivity index (χ0v) is 13.6. The second-order valence-electron chi connectivity index (χ2n) is 6.53. The van der Waals surface area contributed by atoms with E-state index in [4.69, 9.17) is 4.52 Å². The van der Waals surface area contributed by atoms with E-state index in [2.05, 4.69) is 15.5 Å². The van der Waals surface area contributed by atoms with Crippen molar-refractivity contribution in [2.24, 2.45) is 0 Å². The SMILES string of the molecule is Cc1ccc(-c2noc(CCCC(=O)NC(C)(C)C)n2)cc1. The molecule has 1 N–H and O–H groups in total. The largest absolute Gasteiger partial charge is 0.352 e. The van der Waals surface area contributed by atoms with Crippen LogP contribution < -0.4 is 5.32 Å². The van der Waals surface area contributed by atoms with Crippen molar-refractivity contribution in [3.63, 3.8) is 0 Å². The Morgan fingerprint density at radius 3 is 2.55 bits per heavy atom. The third kappa shape index (κ3) is 4.98. The van der Waals surface area contributed by atoms with Crippen molar-refractivity contribution in [2.75, 3.05) is 0 Å². The van der Waals surface area contributed by atoms with Gasteiger partial charge < -0.3 is 9.84 Å². The molecular weight excluding hydrogens is 278 g/mol. The molecule has 0 saturated carbocycles. The van der Waals surface area contributed by atoms with Crippen molar-refractivity contribution in [2.45, 2.75) is 52.5 Å². The van der Waals surface area contributed by atoms with Gasteiger partial charge in [0.1, 0.15) is 0 Å². The Kier molecular flexibility index (Phi) is 4.96. The van der Waals surface area contributed by atoms with Gasteiger partial charge in [0.25, 0.3) is 0 Å². The smallest absolute Gasteiger partial charge is 0.226 e. The number of hydrogen-bond acceptors (Lipinski definition) is 4. The highest BCUT2D eigenvalue weighted by Crippen LogP contribution is 2.17. The number of amides is 1. The standard InChI is InChI=1S/C17H23N3O2/c1-12-8-10-13(11-9-12)16-18-15(22-20-16)7-5-6-14(21)19-17(2,3)4/h8-11H,5-7H2,1-4H3,(H,19,21). The Labute approximate surface area is 131 Å². The van der Waals surface area contributed by atoms with Crippen LogP contribution in [0.15, 0.2) is 28.8 Å². The Morgan fingerprint density at radius 1 is 1.23 bits per heavy atom. The van der Waals surface area contributed by atoms with Gasteiger partial charge in [-0.1, -0.05) is 35.0 Å². The minimum absolute atomic E-state index is 0.0470. The van der Waals surface area contributed by atoms with Gasteiger partial charge in [-0.05, 0) is 34.1 Å². The third-order valence-electron chi connectivity index (χ3n) is 3.09. The first-order valence-corrected chi connectivity index (χ1v) is 7.54. The minimum Gasteiger partial charge on any atom is -0.352 e. The molecule has 0 aliphatic heterocycles. The van der Waals surface area contributed by atoms with Crippen LogP contribution in [-0.4, -0.2) is 21.6 Å². The number of carbonyl (C=O) groups excluding carboxylic acids is 1. The van der Waals surface area contributed by atoms with Crippen molar-refractivity contribution >= 4 is 5.91 Å². The Hall–Kier alpha value is -2.17. The number of nitrogens with zero attached hydrogens (tertiary/aromatic N) is 2. The van der Waals surface area contributed by atoms with Crippen LogP contribution in [0.5, 0.6) is 0 Å². The second-order valence-corrected chi connectivity index (χ2v) is 6.53. The summed E-state index contributed by atoms with van der Waals surface area (Å²) in [5.74, 6) is 1.21. The molecule has 0 radical (unpaired) electrons. The highest BCUT2D eigenvalue weighted by molar-refractivity contribution is 5.76. The quantitative estimate of drug-likeness (QED) is 0.920. The molecule has 2 rings (SSSR count). The van der Waals surface area contributed by atoms with Gasteiger partial charge in [0, 0.05) is 23.9 Å². The maximum atomic E-state index is 11.7. The predicted octanol–water partition coefficient (Wildman–Crippen LogP) is 3.28. The molecule has 22 heavy (non-hydrogen) atoms. The van der Waals surface area contributed by atoms with Gasteiger partial charge in [-0.15, -0.1) is 0 Å². The summed E-state index contributed by atoms with van der Waals surface area (Å²) < 4.78 is 5.24. The minimum atomic E-state index is -0.194. The maximum absolute atomic E-state index is 11.7. The first-order valence-electron chi connectivity index (χ1n) is 7.54. The molecule has 1 aromatic carbocycles. The predicted molar refractivity (Wildman–Crippen MR) is 85.3 cm³/mol. The fourth-order valence-corrected chi connectivity index (χ4v) is 2.06. The van der Waals surface area contributed by atoms with E-state index in [0.717, 1.165) is 5.56 Å². The van der Waals surface area contributed by atoms with Crippen LogP contribution in [0.1, 0.15) is 45.1 Å². The monoisotopic (exact) mass is 301 g/mol. The number of nitrogens with one attached hydrogen (secondary N) is 1. The topological polar surface area (TPSA) is 68.0 Å². The number of carbonyl (C=O) groups is 1. The summed E-state index contributed by atoms with van der Waals surface area (Å²) in [6, 6.07) is 7.98. The normalized spacial score (nSPS) is 11.5. The summed E-state index contributed by atoms with van der Waals surface area (Å²) in [6.45, 7) is 7.94. The van der Waals surface area contributed by atoms with E-state index in [1.807, 2.05) is 52.0 Å². The van der Waals surface area contributed by atoms with E-state index in [1.165, 1.54) is 5.56 Å². The molecule has 0 aliphatic carbocycles. The fraction of sp³-hybridized carbons (Fsp3) is 0.471. The van der Waals surface area contributed by atoms with Crippen molar-refractivity contribution in [3.8, 4) is 11.4 Å². The Morgan fingerprint density at radius 2 is 1.91 bits per heavy atom. The first kappa shape index (κ1) is 16.2. The van der Waals surface area contributed by atoms with Gasteiger partial charge >= 0.3 is 0 Å². The van der Waals surface area contributed by atoms with Crippen LogP contribution in [-0.2, 0) is 11.2 Å². The third-order valence-corrected chi connectivity index (χ3v) is 3.09. The summed E-state index contributed by atoms with van der Waals surface area (Å²) in [4.78, 5) is 16.1. The van der Waals surface area contributed by atoms with Crippen LogP contribution in [0.2, 0.25) is 0 Å². The lowest BCUT2D eigenvalue weighted by Crippen LogP contribution is -2.40. The molecule has 1 amide bonds. The fourth-order valence-electron chi connectivity index (χ4n) is 2.06. The molecule has 1 aromatic heterocycles. The summed E-state index contributed by atoms with van der Waals surface area (Å²) in [7, 11) is 0. The van der Waals surface area contributed by atoms with E-state index < -0.39 is 0 Å². The van der Waals surface area contributed by atoms with E-state index >= 15 is 0 Å². The summed E-state index contributed by atoms with van der Waals surface area (Å²) in [6.07, 6.45) is 1.76. The van der Waals surface area contributed by atoms with Gasteiger partial charge in [0.15, 0.2) is 0 Å². The lowest BCUT2D eigenvalue weighted by Gasteiger charge is -2.20. The molecular formula is C17H23N3O2. The van der Waals surface area contributed by atoms with Gasteiger partial charge in [-0.25, -0.2) is 0 Å². The molecule has 118 valence electrons. The molecule has 5 heteroatoms. The molecule has 0 bridgehead atoms. The molecule has 0 unspecified atom stereocenters. The number of aromatic nitrogens is 2. The Bertz CT molecular complexity index is 624. The lowest BCUT2D eigenvalue weighted by molar-refractivity contribution is -0.122. The summed E-state index contributed by atoms with van der Waals surface area (Å²) >= 11 is 0. The average Bonchev–Trinajstić information content (AvgIpc) is 2.86. The summed E-state index contributed by atoms with van der Waals surface area (Å²) in [5, 5.41) is 6.92. The van der Waals surface area contributed by atoms with Gasteiger partial charge in [-0.2, -0.15) is 4.98 Å². The molecule has 0 saturated heterocycles. The zero-order chi connectivity index (χ0) is 16.2. The Balaban J connectivity index is 1.85. The van der Waals surface area contributed by atoms with Gasteiger partial charge in [0.2, 0.25) is 17.6 Å². The molecule has 2 aromatic rings. The molecule has 0 fully saturated rings. The van der Waals surface area contributed by atoms with Crippen molar-refractivity contribution in [1.82, 2.24) is 15.5 Å². The number of benzene rings is 1. The molecule has 0 spiro atoms. The van der Waals surface area contributed by atoms with Crippen molar-refractivity contribution < 1.29 is 9.32 Å². The highest BCUT2D eigenvalue weighted by Gasteiger charge is 2.14. The van der Waals surface area contributed by atoms with Gasteiger partial charge in [0.05, 0.1) is 0 Å². The number of rotatable bonds is 5. The molecule has 0 atom stereocenters. The highest BCUT2D eigenvalue weighted by atomic mass is 16.5. The van der Waals surface area contributed by atoms with Crippen LogP contribution >= 0.6 is 0 Å². The molecule has 0 aliphatic rings. The van der Waals surface area contributed by atoms with Crippen LogP contribution in [0.25, 0.3) is 11.4 Å². The maximum Gasteiger partial charge on any atom is 0.226 e. The average molecular weight is 301 g/mol. The van der Waals surface area contributed by atoms with E-state index in [-0.39, 0.29) is 11.4 Å². The van der Waals surface area contributed by atoms with Crippen LogP contribution in [0.4, 0.5) is 0 Å². The first-order chi connectivity index (χ1) is 10.3. The van der Waals surface area contributed by atoms with Crippen LogP contribution in [0, 0.1) is 6.92 Å². The second kappa shape index (κ2) is 6.73. The van der Waals surface area contributed by atoms with E-state index in [9.17, 15) is 4.79 Å². The van der Waals surface area contributed by atoms with Gasteiger partial charge in [-0.3, -0.25) is 4.79 Å². The molecule has 1 heterocycles. The van der Waals surface area contributed by atoms with Crippen LogP contribution in [0.3, 0.4) is 0 Å². The molecule has 5 nitrogen and oxygen atoms in total. The van der Waals surface area contributed by atoms with Crippen molar-refractivity contribution in [3.05, 3.63) is 35.7 Å². The zero-order valence-electron chi connectivity index (χ0n) is 13.6. The van der Waals surface area contributed by atoms with E-state index in [0.29, 0.717) is 31.0 Å². The van der Waals surface area contributed by atoms with E-state index in [1.54, 1.807) is 0 Å². The number of aryl methyl sites for hydroxylation is 2.